The molecule has 2 aromatic carbocycles. The van der Waals surface area contributed by atoms with Gasteiger partial charge in [-0.15, -0.1) is 0 Å². The van der Waals surface area contributed by atoms with Crippen LogP contribution >= 0.6 is 0 Å². The van der Waals surface area contributed by atoms with E-state index in [1.54, 1.807) is 0 Å². The minimum atomic E-state index is -4.87. The van der Waals surface area contributed by atoms with Gasteiger partial charge in [-0.3, -0.25) is 0 Å². The highest BCUT2D eigenvalue weighted by molar-refractivity contribution is 5.33. The van der Waals surface area contributed by atoms with Crippen LogP contribution in [0.3, 0.4) is 0 Å². The largest absolute Gasteiger partial charge is 0.416 e. The highest BCUT2D eigenvalue weighted by Crippen LogP contribution is 2.41. The van der Waals surface area contributed by atoms with Crippen molar-refractivity contribution in [3.05, 3.63) is 70.8 Å². The van der Waals surface area contributed by atoms with Crippen molar-refractivity contribution in [2.24, 2.45) is 0 Å². The van der Waals surface area contributed by atoms with Crippen LogP contribution in [0.4, 0.5) is 26.3 Å². The van der Waals surface area contributed by atoms with Gasteiger partial charge in [-0.2, -0.15) is 26.3 Å². The second-order valence-electron chi connectivity index (χ2n) is 9.29. The van der Waals surface area contributed by atoms with Crippen molar-refractivity contribution in [3.63, 3.8) is 0 Å². The molecule has 4 rings (SSSR count). The van der Waals surface area contributed by atoms with Crippen molar-refractivity contribution in [1.29, 1.82) is 0 Å². The summed E-state index contributed by atoms with van der Waals surface area (Å²) in [6.45, 7) is -0.0836. The number of alkyl halides is 6. The fourth-order valence-corrected chi connectivity index (χ4v) is 4.82. The standard InChI is InChI=1S/C25H27F6NO/c26-24(27,28)19-11-17(12-20(13-19)25(29,30)31)15-33-16-23(18-5-2-1-3-6-18)10-4-7-22(14-23)32-21-8-9-21/h1-3,5-6,11-13,21-22,32H,4,7-10,14-16H2. The highest BCUT2D eigenvalue weighted by atomic mass is 19.4. The summed E-state index contributed by atoms with van der Waals surface area (Å²) in [4.78, 5) is 0. The van der Waals surface area contributed by atoms with Gasteiger partial charge in [0.2, 0.25) is 0 Å². The predicted octanol–water partition coefficient (Wildman–Crippen LogP) is 6.87. The van der Waals surface area contributed by atoms with Crippen LogP contribution in [0.15, 0.2) is 48.5 Å². The van der Waals surface area contributed by atoms with E-state index in [4.69, 9.17) is 4.74 Å². The van der Waals surface area contributed by atoms with Crippen molar-refractivity contribution in [1.82, 2.24) is 5.32 Å². The molecule has 180 valence electrons. The van der Waals surface area contributed by atoms with E-state index in [0.717, 1.165) is 43.4 Å². The van der Waals surface area contributed by atoms with Crippen LogP contribution in [-0.4, -0.2) is 18.7 Å². The van der Waals surface area contributed by atoms with E-state index < -0.39 is 23.5 Å². The van der Waals surface area contributed by atoms with Gasteiger partial charge < -0.3 is 10.1 Å². The Bertz CT molecular complexity index is 906. The molecule has 0 saturated heterocycles. The average Bonchev–Trinajstić information content (AvgIpc) is 3.57. The van der Waals surface area contributed by atoms with E-state index in [2.05, 4.69) is 5.32 Å². The molecule has 2 aromatic rings. The smallest absolute Gasteiger partial charge is 0.376 e. The first-order valence-electron chi connectivity index (χ1n) is 11.2. The first-order valence-corrected chi connectivity index (χ1v) is 11.2. The Labute approximate surface area is 189 Å². The van der Waals surface area contributed by atoms with Crippen molar-refractivity contribution in [3.8, 4) is 0 Å². The first-order chi connectivity index (χ1) is 15.6. The Balaban J connectivity index is 1.53. The van der Waals surface area contributed by atoms with E-state index in [0.29, 0.717) is 12.1 Å². The molecule has 0 amide bonds. The first kappa shape index (κ1) is 24.1. The molecule has 0 heterocycles. The van der Waals surface area contributed by atoms with Gasteiger partial charge in [-0.25, -0.2) is 0 Å². The second kappa shape index (κ2) is 9.29. The third kappa shape index (κ3) is 6.09. The number of hydrogen-bond donors (Lipinski definition) is 1. The molecule has 0 spiro atoms. The average molecular weight is 471 g/mol. The molecule has 2 fully saturated rings. The van der Waals surface area contributed by atoms with Crippen LogP contribution in [0.1, 0.15) is 60.8 Å². The zero-order chi connectivity index (χ0) is 23.7. The Morgan fingerprint density at radius 3 is 2.06 bits per heavy atom. The summed E-state index contributed by atoms with van der Waals surface area (Å²) in [5.41, 5.74) is -2.02. The van der Waals surface area contributed by atoms with Gasteiger partial charge in [-0.1, -0.05) is 36.8 Å². The Hall–Kier alpha value is -2.06. The zero-order valence-electron chi connectivity index (χ0n) is 18.1. The lowest BCUT2D eigenvalue weighted by Gasteiger charge is -2.42. The number of rotatable bonds is 7. The minimum Gasteiger partial charge on any atom is -0.376 e. The van der Waals surface area contributed by atoms with Crippen LogP contribution in [0.2, 0.25) is 0 Å². The van der Waals surface area contributed by atoms with Crippen molar-refractivity contribution >= 4 is 0 Å². The molecule has 0 radical (unpaired) electrons. The fraction of sp³-hybridized carbons (Fsp3) is 0.520. The number of halogens is 6. The van der Waals surface area contributed by atoms with Gasteiger partial charge in [0, 0.05) is 17.5 Å². The van der Waals surface area contributed by atoms with E-state index in [1.165, 1.54) is 12.8 Å². The Morgan fingerprint density at radius 2 is 1.48 bits per heavy atom. The maximum absolute atomic E-state index is 13.2. The predicted molar refractivity (Wildman–Crippen MR) is 113 cm³/mol. The molecule has 2 nitrogen and oxygen atoms in total. The van der Waals surface area contributed by atoms with Crippen molar-refractivity contribution in [2.75, 3.05) is 6.61 Å². The maximum Gasteiger partial charge on any atom is 0.416 e. The Morgan fingerprint density at radius 1 is 0.848 bits per heavy atom. The molecule has 1 N–H and O–H groups in total. The molecule has 0 aromatic heterocycles. The normalized spacial score (nSPS) is 24.1. The summed E-state index contributed by atoms with van der Waals surface area (Å²) in [6.07, 6.45) is -3.69. The third-order valence-corrected chi connectivity index (χ3v) is 6.57. The van der Waals surface area contributed by atoms with Crippen molar-refractivity contribution in [2.45, 2.75) is 75.0 Å². The van der Waals surface area contributed by atoms with Gasteiger partial charge in [0.25, 0.3) is 0 Å². The Kier molecular flexibility index (Phi) is 6.78. The number of nitrogens with one attached hydrogen (secondary N) is 1. The van der Waals surface area contributed by atoms with E-state index in [9.17, 15) is 26.3 Å². The third-order valence-electron chi connectivity index (χ3n) is 6.57. The molecule has 2 unspecified atom stereocenters. The zero-order valence-corrected chi connectivity index (χ0v) is 18.1. The van der Waals surface area contributed by atoms with E-state index in [-0.39, 0.29) is 30.3 Å². The molecular weight excluding hydrogens is 444 g/mol. The molecule has 2 atom stereocenters. The second-order valence-corrected chi connectivity index (χ2v) is 9.29. The van der Waals surface area contributed by atoms with Gasteiger partial charge >= 0.3 is 12.4 Å². The topological polar surface area (TPSA) is 21.3 Å². The molecule has 2 aliphatic rings. The van der Waals surface area contributed by atoms with Crippen LogP contribution in [0, 0.1) is 0 Å². The minimum absolute atomic E-state index is 0.135. The summed E-state index contributed by atoms with van der Waals surface area (Å²) >= 11 is 0. The quantitative estimate of drug-likeness (QED) is 0.445. The molecule has 8 heteroatoms. The van der Waals surface area contributed by atoms with Crippen LogP contribution in [0.25, 0.3) is 0 Å². The number of hydrogen-bond acceptors (Lipinski definition) is 2. The van der Waals surface area contributed by atoms with Gasteiger partial charge in [0.05, 0.1) is 24.3 Å². The fourth-order valence-electron chi connectivity index (χ4n) is 4.82. The molecule has 0 bridgehead atoms. The van der Waals surface area contributed by atoms with Gasteiger partial charge in [-0.05, 0) is 61.4 Å². The van der Waals surface area contributed by atoms with Gasteiger partial charge in [0.1, 0.15) is 0 Å². The monoisotopic (exact) mass is 471 g/mol. The number of ether oxygens (including phenoxy) is 1. The summed E-state index contributed by atoms with van der Waals surface area (Å²) < 4.78 is 84.9. The summed E-state index contributed by atoms with van der Waals surface area (Å²) in [5, 5.41) is 3.67. The van der Waals surface area contributed by atoms with Crippen molar-refractivity contribution < 1.29 is 31.1 Å². The molecule has 33 heavy (non-hydrogen) atoms. The SMILES string of the molecule is FC(F)(F)c1cc(COCC2(c3ccccc3)CCCC(NC3CC3)C2)cc(C(F)(F)F)c1. The molecule has 2 aliphatic carbocycles. The highest BCUT2D eigenvalue weighted by Gasteiger charge is 2.40. The lowest BCUT2D eigenvalue weighted by molar-refractivity contribution is -0.143. The summed E-state index contributed by atoms with van der Waals surface area (Å²) in [7, 11) is 0. The van der Waals surface area contributed by atoms with E-state index in [1.807, 2.05) is 30.3 Å². The summed E-state index contributed by atoms with van der Waals surface area (Å²) in [6, 6.07) is 12.3. The van der Waals surface area contributed by atoms with E-state index >= 15 is 0 Å². The maximum atomic E-state index is 13.2. The lowest BCUT2D eigenvalue weighted by Crippen LogP contribution is -2.45. The van der Waals surface area contributed by atoms with Crippen LogP contribution in [0.5, 0.6) is 0 Å². The number of benzene rings is 2. The van der Waals surface area contributed by atoms with Crippen LogP contribution in [-0.2, 0) is 29.1 Å². The molecule has 2 saturated carbocycles. The van der Waals surface area contributed by atoms with Crippen LogP contribution < -0.4 is 5.32 Å². The lowest BCUT2D eigenvalue weighted by atomic mass is 9.68. The molecule has 0 aliphatic heterocycles. The molecular formula is C25H27F6NO. The van der Waals surface area contributed by atoms with Gasteiger partial charge in [0.15, 0.2) is 0 Å². The summed E-state index contributed by atoms with van der Waals surface area (Å²) in [5.74, 6) is 0.